The zero-order valence-electron chi connectivity index (χ0n) is 17.4. The van der Waals surface area contributed by atoms with Gasteiger partial charge >= 0.3 is 0 Å². The van der Waals surface area contributed by atoms with E-state index in [0.717, 1.165) is 51.2 Å². The standard InChI is InChI=1S/C20H36N2O7/c1-2-3-4-5-7-10-13-17(21(26)27)20(25)16-18(22(28)29)19(24)14-11-8-6-9-12-15-23/h7,10,15,17-20,24-25H,2-6,8-9,11-14,16H2,1H3/b10-7-. The van der Waals surface area contributed by atoms with Crippen molar-refractivity contribution in [3.05, 3.63) is 32.4 Å². The Morgan fingerprint density at radius 3 is 2.03 bits per heavy atom. The molecule has 2 N–H and O–H groups in total. The van der Waals surface area contributed by atoms with Crippen LogP contribution < -0.4 is 0 Å². The maximum Gasteiger partial charge on any atom is 0.242 e. The fourth-order valence-corrected chi connectivity index (χ4v) is 3.16. The molecule has 0 aliphatic heterocycles. The first-order chi connectivity index (χ1) is 13.8. The van der Waals surface area contributed by atoms with Gasteiger partial charge in [-0.3, -0.25) is 20.2 Å². The number of unbranched alkanes of at least 4 members (excludes halogenated alkanes) is 7. The van der Waals surface area contributed by atoms with Crippen LogP contribution in [0.1, 0.15) is 84.0 Å². The van der Waals surface area contributed by atoms with E-state index in [2.05, 4.69) is 6.92 Å². The Balaban J connectivity index is 4.60. The molecule has 0 rings (SSSR count). The lowest BCUT2D eigenvalue weighted by Gasteiger charge is -2.20. The number of allylic oxidation sites excluding steroid dienone is 1. The lowest BCUT2D eigenvalue weighted by molar-refractivity contribution is -0.553. The van der Waals surface area contributed by atoms with Crippen molar-refractivity contribution < 1.29 is 24.9 Å². The summed E-state index contributed by atoms with van der Waals surface area (Å²) in [5.74, 6) is 0. The molecule has 0 bridgehead atoms. The predicted molar refractivity (Wildman–Crippen MR) is 110 cm³/mol. The van der Waals surface area contributed by atoms with Gasteiger partial charge in [0.1, 0.15) is 18.5 Å². The van der Waals surface area contributed by atoms with Crippen LogP contribution in [0.25, 0.3) is 0 Å². The molecule has 0 spiro atoms. The van der Waals surface area contributed by atoms with Crippen LogP contribution in [-0.4, -0.2) is 50.6 Å². The average molecular weight is 417 g/mol. The van der Waals surface area contributed by atoms with Crippen molar-refractivity contribution in [2.24, 2.45) is 0 Å². The smallest absolute Gasteiger partial charge is 0.242 e. The van der Waals surface area contributed by atoms with Gasteiger partial charge in [-0.1, -0.05) is 51.2 Å². The van der Waals surface area contributed by atoms with Crippen LogP contribution in [0.5, 0.6) is 0 Å². The molecule has 0 aromatic rings. The van der Waals surface area contributed by atoms with Crippen LogP contribution >= 0.6 is 0 Å². The summed E-state index contributed by atoms with van der Waals surface area (Å²) in [6, 6.07) is -2.79. The van der Waals surface area contributed by atoms with Crippen molar-refractivity contribution in [3.63, 3.8) is 0 Å². The van der Waals surface area contributed by atoms with E-state index in [-0.39, 0.29) is 12.8 Å². The first-order valence-electron chi connectivity index (χ1n) is 10.6. The first-order valence-corrected chi connectivity index (χ1v) is 10.6. The SMILES string of the molecule is CCCCC/C=C\CC(C(O)CC(C(O)CCCCCCC=O)[N+](=O)[O-])[N+](=O)[O-]. The second-order valence-electron chi connectivity index (χ2n) is 7.44. The number of hydrogen-bond donors (Lipinski definition) is 2. The maximum atomic E-state index is 11.3. The lowest BCUT2D eigenvalue weighted by Crippen LogP contribution is -2.42. The minimum Gasteiger partial charge on any atom is -0.386 e. The molecule has 168 valence electrons. The van der Waals surface area contributed by atoms with Crippen molar-refractivity contribution >= 4 is 6.29 Å². The molecule has 9 heteroatoms. The first kappa shape index (κ1) is 27.1. The molecule has 0 saturated heterocycles. The van der Waals surface area contributed by atoms with Gasteiger partial charge in [-0.2, -0.15) is 0 Å². The fraction of sp³-hybridized carbons (Fsp3) is 0.850. The number of carbonyl (C=O) groups is 1. The third-order valence-corrected chi connectivity index (χ3v) is 5.00. The fourth-order valence-electron chi connectivity index (χ4n) is 3.16. The molecule has 0 radical (unpaired) electrons. The zero-order valence-corrected chi connectivity index (χ0v) is 17.4. The van der Waals surface area contributed by atoms with Crippen LogP contribution in [0.15, 0.2) is 12.2 Å². The van der Waals surface area contributed by atoms with Crippen molar-refractivity contribution in [2.45, 2.75) is 108 Å². The van der Waals surface area contributed by atoms with Crippen LogP contribution in [0.4, 0.5) is 0 Å². The zero-order chi connectivity index (χ0) is 22.1. The molecule has 0 aliphatic rings. The number of nitrogens with zero attached hydrogens (tertiary/aromatic N) is 2. The number of carbonyl (C=O) groups excluding carboxylic acids is 1. The highest BCUT2D eigenvalue weighted by Gasteiger charge is 2.38. The summed E-state index contributed by atoms with van der Waals surface area (Å²) < 4.78 is 0. The highest BCUT2D eigenvalue weighted by Crippen LogP contribution is 2.18. The van der Waals surface area contributed by atoms with Gasteiger partial charge in [-0.15, -0.1) is 0 Å². The summed E-state index contributed by atoms with van der Waals surface area (Å²) in [5.41, 5.74) is 0. The largest absolute Gasteiger partial charge is 0.386 e. The van der Waals surface area contributed by atoms with Crippen LogP contribution in [0.2, 0.25) is 0 Å². The van der Waals surface area contributed by atoms with E-state index in [4.69, 9.17) is 0 Å². The number of aliphatic hydroxyl groups is 2. The van der Waals surface area contributed by atoms with Gasteiger partial charge in [-0.05, 0) is 25.7 Å². The van der Waals surface area contributed by atoms with Crippen LogP contribution in [0.3, 0.4) is 0 Å². The molecule has 4 unspecified atom stereocenters. The van der Waals surface area contributed by atoms with Gasteiger partial charge < -0.3 is 15.0 Å². The van der Waals surface area contributed by atoms with E-state index >= 15 is 0 Å². The number of hydrogen-bond acceptors (Lipinski definition) is 7. The number of aldehydes is 1. The molecule has 4 atom stereocenters. The molecule has 0 fully saturated rings. The van der Waals surface area contributed by atoms with Crippen molar-refractivity contribution in [1.82, 2.24) is 0 Å². The summed E-state index contributed by atoms with van der Waals surface area (Å²) in [7, 11) is 0. The molecular formula is C20H36N2O7. The Morgan fingerprint density at radius 1 is 0.828 bits per heavy atom. The van der Waals surface area contributed by atoms with E-state index in [1.54, 1.807) is 6.08 Å². The molecule has 29 heavy (non-hydrogen) atoms. The summed E-state index contributed by atoms with van der Waals surface area (Å²) >= 11 is 0. The monoisotopic (exact) mass is 416 g/mol. The second-order valence-corrected chi connectivity index (χ2v) is 7.44. The van der Waals surface area contributed by atoms with Gasteiger partial charge in [0.05, 0.1) is 6.42 Å². The van der Waals surface area contributed by atoms with E-state index in [1.165, 1.54) is 0 Å². The Kier molecular flexibility index (Phi) is 15.9. The summed E-state index contributed by atoms with van der Waals surface area (Å²) in [6.07, 6.45) is 8.49. The van der Waals surface area contributed by atoms with Gasteiger partial charge in [0.15, 0.2) is 0 Å². The molecule has 0 aliphatic carbocycles. The van der Waals surface area contributed by atoms with Crippen molar-refractivity contribution in [3.8, 4) is 0 Å². The lowest BCUT2D eigenvalue weighted by atomic mass is 9.95. The summed E-state index contributed by atoms with van der Waals surface area (Å²) in [4.78, 5) is 31.6. The molecule has 9 nitrogen and oxygen atoms in total. The van der Waals surface area contributed by atoms with E-state index < -0.39 is 40.6 Å². The predicted octanol–water partition coefficient (Wildman–Crippen LogP) is 3.46. The molecule has 0 saturated carbocycles. The molecule has 0 amide bonds. The summed E-state index contributed by atoms with van der Waals surface area (Å²) in [6.45, 7) is 2.08. The number of nitro groups is 2. The molecule has 0 aromatic carbocycles. The number of rotatable bonds is 19. The minimum absolute atomic E-state index is 0.00243. The normalized spacial score (nSPS) is 15.7. The van der Waals surface area contributed by atoms with Crippen LogP contribution in [-0.2, 0) is 4.79 Å². The number of aliphatic hydroxyl groups excluding tert-OH is 2. The highest BCUT2D eigenvalue weighted by molar-refractivity contribution is 5.48. The van der Waals surface area contributed by atoms with E-state index in [0.29, 0.717) is 12.8 Å². The van der Waals surface area contributed by atoms with Crippen molar-refractivity contribution in [1.29, 1.82) is 0 Å². The molecular weight excluding hydrogens is 380 g/mol. The summed E-state index contributed by atoms with van der Waals surface area (Å²) in [5, 5.41) is 43.0. The Bertz CT molecular complexity index is 499. The topological polar surface area (TPSA) is 144 Å². The third-order valence-electron chi connectivity index (χ3n) is 5.00. The quantitative estimate of drug-likeness (QED) is 0.108. The van der Waals surface area contributed by atoms with Crippen LogP contribution in [0, 0.1) is 20.2 Å². The van der Waals surface area contributed by atoms with Gasteiger partial charge in [0, 0.05) is 22.7 Å². The minimum atomic E-state index is -1.51. The van der Waals surface area contributed by atoms with E-state index in [9.17, 15) is 35.2 Å². The highest BCUT2D eigenvalue weighted by atomic mass is 16.6. The van der Waals surface area contributed by atoms with Gasteiger partial charge in [0.25, 0.3) is 0 Å². The molecule has 0 aromatic heterocycles. The Labute approximate surface area is 172 Å². The third kappa shape index (κ3) is 13.1. The average Bonchev–Trinajstić information content (AvgIpc) is 2.67. The molecule has 0 heterocycles. The van der Waals surface area contributed by atoms with Crippen molar-refractivity contribution in [2.75, 3.05) is 0 Å². The maximum absolute atomic E-state index is 11.3. The van der Waals surface area contributed by atoms with Gasteiger partial charge in [-0.25, -0.2) is 0 Å². The Morgan fingerprint density at radius 2 is 1.45 bits per heavy atom. The Hall–Kier alpha value is -1.87. The van der Waals surface area contributed by atoms with E-state index in [1.807, 2.05) is 6.08 Å². The second kappa shape index (κ2) is 17.0. The van der Waals surface area contributed by atoms with Gasteiger partial charge in [0.2, 0.25) is 12.1 Å².